The number of benzene rings is 6. The predicted molar refractivity (Wildman–Crippen MR) is 203 cm³/mol. The Morgan fingerprint density at radius 3 is 0.417 bits per heavy atom. The molecule has 6 rings (SSSR count). The normalized spacial score (nSPS) is 9.46. The summed E-state index contributed by atoms with van der Waals surface area (Å²) in [6.07, 6.45) is 0. The standard InChI is InChI=1S/C46H26S2/c47-45-31-27-43(28-32-45)25-23-41-19-15-39(16-20-41)13-11-37-7-3-35(4-8-37)1-2-36-5-9-38(10-6-36)12-14-40-17-21-42(22-18-40)24-26-44-29-33-46(48)34-30-44/h3-10,15-22,27-34,47-48H. The van der Waals surface area contributed by atoms with E-state index in [1.54, 1.807) is 0 Å². The average molecular weight is 643 g/mol. The van der Waals surface area contributed by atoms with E-state index in [9.17, 15) is 0 Å². The highest BCUT2D eigenvalue weighted by Crippen LogP contribution is 2.10. The quantitative estimate of drug-likeness (QED) is 0.120. The fourth-order valence-corrected chi connectivity index (χ4v) is 4.66. The Labute approximate surface area is 294 Å². The molecule has 0 aromatic heterocycles. The molecule has 6 aromatic rings. The summed E-state index contributed by atoms with van der Waals surface area (Å²) in [5.74, 6) is 32.1. The van der Waals surface area contributed by atoms with Crippen LogP contribution < -0.4 is 0 Å². The van der Waals surface area contributed by atoms with Crippen LogP contribution in [0.5, 0.6) is 0 Å². The molecule has 0 unspecified atom stereocenters. The molecule has 0 saturated heterocycles. The predicted octanol–water partition coefficient (Wildman–Crippen LogP) is 9.26. The molecule has 2 heteroatoms. The van der Waals surface area contributed by atoms with Crippen LogP contribution >= 0.6 is 25.3 Å². The molecule has 0 bridgehead atoms. The van der Waals surface area contributed by atoms with Gasteiger partial charge in [0.05, 0.1) is 0 Å². The fourth-order valence-electron chi connectivity index (χ4n) is 4.36. The van der Waals surface area contributed by atoms with Crippen molar-refractivity contribution in [2.24, 2.45) is 0 Å². The first-order valence-corrected chi connectivity index (χ1v) is 16.0. The van der Waals surface area contributed by atoms with Crippen molar-refractivity contribution in [1.82, 2.24) is 0 Å². The molecular formula is C46H26S2. The van der Waals surface area contributed by atoms with Gasteiger partial charge in [-0.15, -0.1) is 25.3 Å². The van der Waals surface area contributed by atoms with Gasteiger partial charge >= 0.3 is 0 Å². The lowest BCUT2D eigenvalue weighted by Gasteiger charge is -1.95. The van der Waals surface area contributed by atoms with Crippen molar-refractivity contribution in [3.8, 4) is 59.2 Å². The van der Waals surface area contributed by atoms with Gasteiger partial charge in [0.25, 0.3) is 0 Å². The average Bonchev–Trinajstić information content (AvgIpc) is 3.13. The molecule has 222 valence electrons. The molecule has 0 atom stereocenters. The van der Waals surface area contributed by atoms with Gasteiger partial charge in [0, 0.05) is 65.4 Å². The molecule has 0 radical (unpaired) electrons. The third kappa shape index (κ3) is 9.66. The third-order valence-corrected chi connectivity index (χ3v) is 7.63. The number of hydrogen-bond donors (Lipinski definition) is 2. The van der Waals surface area contributed by atoms with Gasteiger partial charge in [0.1, 0.15) is 0 Å². The Bertz CT molecular complexity index is 2180. The molecule has 0 fully saturated rings. The van der Waals surface area contributed by atoms with Gasteiger partial charge in [-0.25, -0.2) is 0 Å². The topological polar surface area (TPSA) is 0 Å². The molecule has 0 saturated carbocycles. The van der Waals surface area contributed by atoms with Crippen LogP contribution in [0.1, 0.15) is 55.6 Å². The molecule has 0 aliphatic carbocycles. The number of thiol groups is 2. The van der Waals surface area contributed by atoms with E-state index in [1.807, 2.05) is 146 Å². The molecule has 0 aliphatic rings. The lowest BCUT2D eigenvalue weighted by Crippen LogP contribution is -1.81. The van der Waals surface area contributed by atoms with Crippen LogP contribution in [-0.2, 0) is 0 Å². The van der Waals surface area contributed by atoms with Crippen LogP contribution in [0.15, 0.2) is 155 Å². The summed E-state index contributed by atoms with van der Waals surface area (Å²) in [6, 6.07) is 47.5. The zero-order chi connectivity index (χ0) is 33.0. The fraction of sp³-hybridized carbons (Fsp3) is 0. The van der Waals surface area contributed by atoms with Gasteiger partial charge in [0.2, 0.25) is 0 Å². The maximum Gasteiger partial charge on any atom is 0.0249 e. The second kappa shape index (κ2) is 15.9. The largest absolute Gasteiger partial charge is 0.143 e. The lowest BCUT2D eigenvalue weighted by molar-refractivity contribution is 1.46. The summed E-state index contributed by atoms with van der Waals surface area (Å²) in [5, 5.41) is 0. The molecule has 0 nitrogen and oxygen atoms in total. The van der Waals surface area contributed by atoms with E-state index in [0.29, 0.717) is 0 Å². The van der Waals surface area contributed by atoms with Crippen LogP contribution in [0, 0.1) is 59.2 Å². The first kappa shape index (κ1) is 31.8. The van der Waals surface area contributed by atoms with Gasteiger partial charge in [-0.2, -0.15) is 0 Å². The van der Waals surface area contributed by atoms with Gasteiger partial charge in [0.15, 0.2) is 0 Å². The molecule has 0 amide bonds. The van der Waals surface area contributed by atoms with Crippen molar-refractivity contribution in [2.45, 2.75) is 9.79 Å². The van der Waals surface area contributed by atoms with Crippen LogP contribution in [0.3, 0.4) is 0 Å². The molecule has 0 heterocycles. The minimum atomic E-state index is 0.925. The molecule has 6 aromatic carbocycles. The lowest BCUT2D eigenvalue weighted by atomic mass is 10.1. The summed E-state index contributed by atoms with van der Waals surface area (Å²) >= 11 is 8.62. The number of rotatable bonds is 0. The van der Waals surface area contributed by atoms with E-state index in [1.165, 1.54) is 0 Å². The summed E-state index contributed by atoms with van der Waals surface area (Å²) in [6.45, 7) is 0. The van der Waals surface area contributed by atoms with Gasteiger partial charge in [-0.3, -0.25) is 0 Å². The molecular weight excluding hydrogens is 617 g/mol. The van der Waals surface area contributed by atoms with Crippen LogP contribution in [0.2, 0.25) is 0 Å². The zero-order valence-electron chi connectivity index (χ0n) is 25.8. The Morgan fingerprint density at radius 2 is 0.292 bits per heavy atom. The Morgan fingerprint density at radius 1 is 0.188 bits per heavy atom. The Kier molecular flexibility index (Phi) is 10.5. The van der Waals surface area contributed by atoms with E-state index in [0.717, 1.165) is 65.4 Å². The van der Waals surface area contributed by atoms with Crippen LogP contribution in [0.25, 0.3) is 0 Å². The Balaban J connectivity index is 1.02. The van der Waals surface area contributed by atoms with Crippen molar-refractivity contribution in [3.63, 3.8) is 0 Å². The summed E-state index contributed by atoms with van der Waals surface area (Å²) in [4.78, 5) is 1.85. The van der Waals surface area contributed by atoms with Gasteiger partial charge < -0.3 is 0 Å². The molecule has 0 spiro atoms. The summed E-state index contributed by atoms with van der Waals surface area (Å²) < 4.78 is 0. The highest BCUT2D eigenvalue weighted by atomic mass is 32.1. The van der Waals surface area contributed by atoms with Crippen molar-refractivity contribution < 1.29 is 0 Å². The van der Waals surface area contributed by atoms with E-state index in [2.05, 4.69) is 84.5 Å². The van der Waals surface area contributed by atoms with Crippen LogP contribution in [0.4, 0.5) is 0 Å². The summed E-state index contributed by atoms with van der Waals surface area (Å²) in [7, 11) is 0. The minimum Gasteiger partial charge on any atom is -0.143 e. The van der Waals surface area contributed by atoms with E-state index < -0.39 is 0 Å². The molecule has 0 N–H and O–H groups in total. The van der Waals surface area contributed by atoms with Crippen molar-refractivity contribution >= 4 is 25.3 Å². The first-order valence-electron chi connectivity index (χ1n) is 15.1. The van der Waals surface area contributed by atoms with Gasteiger partial charge in [-0.1, -0.05) is 59.2 Å². The second-order valence-electron chi connectivity index (χ2n) is 10.7. The van der Waals surface area contributed by atoms with E-state index in [-0.39, 0.29) is 0 Å². The maximum atomic E-state index is 4.31. The smallest absolute Gasteiger partial charge is 0.0249 e. The number of hydrogen-bond acceptors (Lipinski definition) is 2. The monoisotopic (exact) mass is 642 g/mol. The summed E-state index contributed by atoms with van der Waals surface area (Å²) in [5.41, 5.74) is 9.41. The Hall–Kier alpha value is -6.18. The van der Waals surface area contributed by atoms with Crippen LogP contribution in [-0.4, -0.2) is 0 Å². The third-order valence-electron chi connectivity index (χ3n) is 7.03. The highest BCUT2D eigenvalue weighted by molar-refractivity contribution is 7.80. The minimum absolute atomic E-state index is 0.925. The zero-order valence-corrected chi connectivity index (χ0v) is 27.5. The van der Waals surface area contributed by atoms with Crippen molar-refractivity contribution in [3.05, 3.63) is 201 Å². The highest BCUT2D eigenvalue weighted by Gasteiger charge is 1.94. The van der Waals surface area contributed by atoms with E-state index in [4.69, 9.17) is 0 Å². The molecule has 48 heavy (non-hydrogen) atoms. The van der Waals surface area contributed by atoms with Crippen molar-refractivity contribution in [2.75, 3.05) is 0 Å². The van der Waals surface area contributed by atoms with E-state index >= 15 is 0 Å². The SMILES string of the molecule is Sc1ccc(C#Cc2ccc(C#Cc3ccc(C#Cc4ccc(C#Cc5ccc(C#Cc6ccc(S)cc6)cc5)cc4)cc3)cc2)cc1. The van der Waals surface area contributed by atoms with Gasteiger partial charge in [-0.05, 0) is 146 Å². The van der Waals surface area contributed by atoms with Crippen molar-refractivity contribution in [1.29, 1.82) is 0 Å². The molecule has 0 aliphatic heterocycles. The maximum absolute atomic E-state index is 4.31. The first-order chi connectivity index (χ1) is 23.5. The second-order valence-corrected chi connectivity index (χ2v) is 11.7.